The number of hydrogen-bond donors (Lipinski definition) is 1. The van der Waals surface area contributed by atoms with Crippen LogP contribution in [0.2, 0.25) is 0 Å². The minimum Gasteiger partial charge on any atom is -0.385 e. The molecule has 1 aromatic rings. The Morgan fingerprint density at radius 2 is 2.00 bits per heavy atom. The Morgan fingerprint density at radius 3 is 2.61 bits per heavy atom. The molecule has 1 saturated carbocycles. The Balaban J connectivity index is 2.50. The van der Waals surface area contributed by atoms with Gasteiger partial charge < -0.3 is 5.11 Å². The molecule has 0 saturated heterocycles. The number of aliphatic hydroxyl groups is 1. The van der Waals surface area contributed by atoms with E-state index in [0.29, 0.717) is 12.3 Å². The average Bonchev–Trinajstić information content (AvgIpc) is 2.30. The number of rotatable bonds is 1. The maximum atomic E-state index is 14.1. The molecule has 0 amide bonds. The number of hydrogen-bond acceptors (Lipinski definition) is 1. The highest BCUT2D eigenvalue weighted by atomic mass is 79.9. The first kappa shape index (κ1) is 13.9. The van der Waals surface area contributed by atoms with Crippen LogP contribution >= 0.6 is 15.9 Å². The maximum Gasteiger partial charge on any atom is 0.146 e. The minimum absolute atomic E-state index is 0.153. The van der Waals surface area contributed by atoms with Crippen LogP contribution in [0.3, 0.4) is 0 Å². The van der Waals surface area contributed by atoms with Gasteiger partial charge in [-0.15, -0.1) is 0 Å². The van der Waals surface area contributed by atoms with Gasteiger partial charge in [0.15, 0.2) is 0 Å². The zero-order valence-electron chi connectivity index (χ0n) is 10.5. The molecule has 1 N–H and O–H groups in total. The smallest absolute Gasteiger partial charge is 0.146 e. The van der Waals surface area contributed by atoms with E-state index < -0.39 is 17.2 Å². The van der Waals surface area contributed by atoms with Gasteiger partial charge in [-0.1, -0.05) is 13.8 Å². The first-order chi connectivity index (χ1) is 8.36. The molecule has 4 heteroatoms. The third kappa shape index (κ3) is 2.21. The van der Waals surface area contributed by atoms with Gasteiger partial charge in [-0.3, -0.25) is 0 Å². The lowest BCUT2D eigenvalue weighted by molar-refractivity contribution is -0.0640. The summed E-state index contributed by atoms with van der Waals surface area (Å²) in [6, 6.07) is 2.53. The van der Waals surface area contributed by atoms with Crippen LogP contribution in [0.4, 0.5) is 8.78 Å². The van der Waals surface area contributed by atoms with Gasteiger partial charge in [0.2, 0.25) is 0 Å². The minimum atomic E-state index is -1.40. The molecule has 3 unspecified atom stereocenters. The average molecular weight is 319 g/mol. The van der Waals surface area contributed by atoms with Gasteiger partial charge in [0, 0.05) is 0 Å². The Hall–Kier alpha value is -0.480. The van der Waals surface area contributed by atoms with Crippen molar-refractivity contribution in [2.24, 2.45) is 11.8 Å². The molecule has 100 valence electrons. The van der Waals surface area contributed by atoms with Crippen molar-refractivity contribution in [2.45, 2.75) is 38.7 Å². The summed E-state index contributed by atoms with van der Waals surface area (Å²) in [7, 11) is 0. The predicted molar refractivity (Wildman–Crippen MR) is 70.1 cm³/mol. The summed E-state index contributed by atoms with van der Waals surface area (Å²) in [5.41, 5.74) is -1.58. The van der Waals surface area contributed by atoms with E-state index in [4.69, 9.17) is 0 Å². The summed E-state index contributed by atoms with van der Waals surface area (Å²) in [5.74, 6) is -1.02. The van der Waals surface area contributed by atoms with Gasteiger partial charge in [-0.05, 0) is 59.2 Å². The van der Waals surface area contributed by atoms with Gasteiger partial charge in [0.05, 0.1) is 15.6 Å². The van der Waals surface area contributed by atoms with Crippen LogP contribution in [-0.2, 0) is 5.60 Å². The molecule has 0 heterocycles. The highest BCUT2D eigenvalue weighted by Crippen LogP contribution is 2.46. The summed E-state index contributed by atoms with van der Waals surface area (Å²) < 4.78 is 28.2. The van der Waals surface area contributed by atoms with Crippen molar-refractivity contribution in [3.8, 4) is 0 Å². The topological polar surface area (TPSA) is 20.2 Å². The monoisotopic (exact) mass is 318 g/mol. The molecule has 1 nitrogen and oxygen atoms in total. The Labute approximate surface area is 114 Å². The van der Waals surface area contributed by atoms with Crippen molar-refractivity contribution in [1.29, 1.82) is 0 Å². The van der Waals surface area contributed by atoms with Crippen molar-refractivity contribution >= 4 is 15.9 Å². The molecule has 1 aliphatic carbocycles. The molecule has 0 bridgehead atoms. The Morgan fingerprint density at radius 1 is 1.33 bits per heavy atom. The second-order valence-corrected chi connectivity index (χ2v) is 6.28. The van der Waals surface area contributed by atoms with Crippen LogP contribution < -0.4 is 0 Å². The predicted octanol–water partition coefficient (Wildman–Crippen LogP) is 4.37. The van der Waals surface area contributed by atoms with Crippen molar-refractivity contribution in [3.63, 3.8) is 0 Å². The highest BCUT2D eigenvalue weighted by Gasteiger charge is 2.43. The van der Waals surface area contributed by atoms with E-state index in [0.717, 1.165) is 12.8 Å². The highest BCUT2D eigenvalue weighted by molar-refractivity contribution is 9.10. The summed E-state index contributed by atoms with van der Waals surface area (Å²) in [4.78, 5) is 0. The fourth-order valence-electron chi connectivity index (χ4n) is 2.92. The molecule has 18 heavy (non-hydrogen) atoms. The van der Waals surface area contributed by atoms with Crippen LogP contribution in [-0.4, -0.2) is 5.11 Å². The van der Waals surface area contributed by atoms with Gasteiger partial charge in [-0.25, -0.2) is 8.78 Å². The summed E-state index contributed by atoms with van der Waals surface area (Å²) in [6.07, 6.45) is 1.97. The van der Waals surface area contributed by atoms with Crippen LogP contribution in [0.1, 0.15) is 38.7 Å². The molecule has 0 spiro atoms. The van der Waals surface area contributed by atoms with Crippen LogP contribution in [0.5, 0.6) is 0 Å². The summed E-state index contributed by atoms with van der Waals surface area (Å²) in [6.45, 7) is 3.96. The summed E-state index contributed by atoms with van der Waals surface area (Å²) >= 11 is 3.05. The number of halogens is 3. The van der Waals surface area contributed by atoms with Crippen LogP contribution in [0.25, 0.3) is 0 Å². The zero-order chi connectivity index (χ0) is 13.5. The molecular formula is C14H17BrF2O. The molecule has 1 fully saturated rings. The second kappa shape index (κ2) is 4.89. The standard InChI is InChI=1S/C14H17BrF2O/c1-8-5-6-14(18,9(2)7-8)12-11(16)4-3-10(15)13(12)17/h3-4,8-9,18H,5-7H2,1-2H3. The van der Waals surface area contributed by atoms with E-state index in [9.17, 15) is 13.9 Å². The van der Waals surface area contributed by atoms with Gasteiger partial charge in [0.25, 0.3) is 0 Å². The third-order valence-corrected chi connectivity index (χ3v) is 4.68. The molecule has 0 aromatic heterocycles. The van der Waals surface area contributed by atoms with Crippen molar-refractivity contribution < 1.29 is 13.9 Å². The van der Waals surface area contributed by atoms with Gasteiger partial charge >= 0.3 is 0 Å². The van der Waals surface area contributed by atoms with E-state index >= 15 is 0 Å². The summed E-state index contributed by atoms with van der Waals surface area (Å²) in [5, 5.41) is 10.7. The fraction of sp³-hybridized carbons (Fsp3) is 0.571. The van der Waals surface area contributed by atoms with Crippen LogP contribution in [0.15, 0.2) is 16.6 Å². The quantitative estimate of drug-likeness (QED) is 0.762. The van der Waals surface area contributed by atoms with E-state index in [1.165, 1.54) is 12.1 Å². The molecular weight excluding hydrogens is 302 g/mol. The van der Waals surface area contributed by atoms with Crippen LogP contribution in [0, 0.1) is 23.5 Å². The van der Waals surface area contributed by atoms with Crippen molar-refractivity contribution in [2.75, 3.05) is 0 Å². The van der Waals surface area contributed by atoms with E-state index in [2.05, 4.69) is 22.9 Å². The van der Waals surface area contributed by atoms with Gasteiger partial charge in [0.1, 0.15) is 11.6 Å². The molecule has 0 radical (unpaired) electrons. The van der Waals surface area contributed by atoms with E-state index in [1.807, 2.05) is 6.92 Å². The largest absolute Gasteiger partial charge is 0.385 e. The molecule has 1 aliphatic rings. The second-order valence-electron chi connectivity index (χ2n) is 5.42. The SMILES string of the molecule is CC1CCC(O)(c2c(F)ccc(Br)c2F)C(C)C1. The Kier molecular flexibility index (Phi) is 3.79. The first-order valence-corrected chi connectivity index (χ1v) is 7.02. The Bertz CT molecular complexity index is 463. The maximum absolute atomic E-state index is 14.1. The molecule has 2 rings (SSSR count). The lowest BCUT2D eigenvalue weighted by Crippen LogP contribution is -2.40. The first-order valence-electron chi connectivity index (χ1n) is 6.22. The van der Waals surface area contributed by atoms with E-state index in [-0.39, 0.29) is 16.0 Å². The lowest BCUT2D eigenvalue weighted by atomic mass is 9.69. The lowest BCUT2D eigenvalue weighted by Gasteiger charge is -2.41. The van der Waals surface area contributed by atoms with E-state index in [1.54, 1.807) is 0 Å². The molecule has 0 aliphatic heterocycles. The zero-order valence-corrected chi connectivity index (χ0v) is 12.1. The molecule has 3 atom stereocenters. The normalized spacial score (nSPS) is 32.6. The number of benzene rings is 1. The van der Waals surface area contributed by atoms with Gasteiger partial charge in [-0.2, -0.15) is 0 Å². The third-order valence-electron chi connectivity index (χ3n) is 4.07. The molecule has 1 aromatic carbocycles. The fourth-order valence-corrected chi connectivity index (χ4v) is 3.25. The van der Waals surface area contributed by atoms with Crippen molar-refractivity contribution in [1.82, 2.24) is 0 Å². The van der Waals surface area contributed by atoms with Crippen molar-refractivity contribution in [3.05, 3.63) is 33.8 Å².